The van der Waals surface area contributed by atoms with Gasteiger partial charge in [0.1, 0.15) is 17.9 Å². The molecule has 0 fully saturated rings. The first kappa shape index (κ1) is 17.8. The largest absolute Gasteiger partial charge is 0.488 e. The Morgan fingerprint density at radius 2 is 1.61 bits per heavy atom. The van der Waals surface area contributed by atoms with E-state index in [1.54, 1.807) is 6.07 Å². The van der Waals surface area contributed by atoms with Crippen LogP contribution in [0.4, 0.5) is 0 Å². The van der Waals surface area contributed by atoms with Crippen LogP contribution in [0, 0.1) is 0 Å². The Kier molecular flexibility index (Phi) is 5.34. The lowest BCUT2D eigenvalue weighted by atomic mass is 10.1. The Hall–Kier alpha value is -3.59. The van der Waals surface area contributed by atoms with Gasteiger partial charge in [-0.1, -0.05) is 72.8 Å². The van der Waals surface area contributed by atoms with Gasteiger partial charge in [0.15, 0.2) is 5.43 Å². The van der Waals surface area contributed by atoms with Crippen molar-refractivity contribution < 1.29 is 9.15 Å². The Labute approximate surface area is 163 Å². The summed E-state index contributed by atoms with van der Waals surface area (Å²) in [6, 6.07) is 25.2. The minimum Gasteiger partial charge on any atom is -0.488 e. The van der Waals surface area contributed by atoms with E-state index in [4.69, 9.17) is 9.15 Å². The number of fused-ring (bicyclic) bond motifs is 1. The maximum atomic E-state index is 12.2. The van der Waals surface area contributed by atoms with Crippen LogP contribution in [0.5, 0.6) is 5.75 Å². The van der Waals surface area contributed by atoms with Gasteiger partial charge in [-0.05, 0) is 29.7 Å². The highest BCUT2D eigenvalue weighted by Gasteiger charge is 2.12. The summed E-state index contributed by atoms with van der Waals surface area (Å²) in [7, 11) is 0. The summed E-state index contributed by atoms with van der Waals surface area (Å²) in [5.74, 6) is 0.725. The first-order valence-electron chi connectivity index (χ1n) is 9.23. The summed E-state index contributed by atoms with van der Waals surface area (Å²) in [5, 5.41) is 0.567. The van der Waals surface area contributed by atoms with Gasteiger partial charge in [0.2, 0.25) is 0 Å². The molecule has 4 rings (SSSR count). The van der Waals surface area contributed by atoms with Crippen LogP contribution in [0.1, 0.15) is 16.7 Å². The van der Waals surface area contributed by atoms with Gasteiger partial charge in [-0.2, -0.15) is 0 Å². The quantitative estimate of drug-likeness (QED) is 0.443. The van der Waals surface area contributed by atoms with Crippen LogP contribution in [-0.2, 0) is 13.0 Å². The van der Waals surface area contributed by atoms with E-state index < -0.39 is 0 Å². The molecule has 0 N–H and O–H groups in total. The SMILES string of the molecule is O=c1ccoc2c(CC=Cc3ccccc3)c(OCc3ccccc3)ccc12. The number of rotatable bonds is 6. The van der Waals surface area contributed by atoms with E-state index >= 15 is 0 Å². The van der Waals surface area contributed by atoms with Gasteiger partial charge in [0.05, 0.1) is 11.6 Å². The van der Waals surface area contributed by atoms with Crippen molar-refractivity contribution in [1.82, 2.24) is 0 Å². The zero-order valence-electron chi connectivity index (χ0n) is 15.4. The average Bonchev–Trinajstić information content (AvgIpc) is 2.75. The molecule has 3 nitrogen and oxygen atoms in total. The van der Waals surface area contributed by atoms with Crippen molar-refractivity contribution >= 4 is 17.0 Å². The summed E-state index contributed by atoms with van der Waals surface area (Å²) in [6.45, 7) is 0.457. The van der Waals surface area contributed by atoms with E-state index in [0.717, 1.165) is 22.4 Å². The molecule has 28 heavy (non-hydrogen) atoms. The van der Waals surface area contributed by atoms with Gasteiger partial charge in [-0.15, -0.1) is 0 Å². The van der Waals surface area contributed by atoms with Crippen molar-refractivity contribution in [3.8, 4) is 5.75 Å². The molecule has 138 valence electrons. The minimum atomic E-state index is -0.0517. The summed E-state index contributed by atoms with van der Waals surface area (Å²) in [6.07, 6.45) is 6.16. The monoisotopic (exact) mass is 368 g/mol. The summed E-state index contributed by atoms with van der Waals surface area (Å²) in [5.41, 5.74) is 3.61. The highest BCUT2D eigenvalue weighted by molar-refractivity contribution is 5.82. The van der Waals surface area contributed by atoms with Crippen molar-refractivity contribution in [2.45, 2.75) is 13.0 Å². The minimum absolute atomic E-state index is 0.0517. The van der Waals surface area contributed by atoms with Crippen LogP contribution < -0.4 is 10.2 Å². The smallest absolute Gasteiger partial charge is 0.192 e. The van der Waals surface area contributed by atoms with Crippen LogP contribution in [0.2, 0.25) is 0 Å². The molecule has 0 saturated carbocycles. The van der Waals surface area contributed by atoms with Crippen LogP contribution >= 0.6 is 0 Å². The fraction of sp³-hybridized carbons (Fsp3) is 0.0800. The van der Waals surface area contributed by atoms with Crippen molar-refractivity contribution in [2.75, 3.05) is 0 Å². The highest BCUT2D eigenvalue weighted by atomic mass is 16.5. The predicted octanol–water partition coefficient (Wildman–Crippen LogP) is 5.63. The molecule has 1 heterocycles. The van der Waals surface area contributed by atoms with Crippen molar-refractivity contribution in [1.29, 1.82) is 0 Å². The second-order valence-electron chi connectivity index (χ2n) is 6.50. The lowest BCUT2D eigenvalue weighted by Gasteiger charge is -2.12. The zero-order valence-corrected chi connectivity index (χ0v) is 15.4. The summed E-state index contributed by atoms with van der Waals surface area (Å²) < 4.78 is 11.8. The number of benzene rings is 3. The maximum Gasteiger partial charge on any atom is 0.192 e. The lowest BCUT2D eigenvalue weighted by Crippen LogP contribution is -2.03. The molecule has 0 aliphatic heterocycles. The molecule has 0 saturated heterocycles. The van der Waals surface area contributed by atoms with E-state index in [2.05, 4.69) is 12.2 Å². The average molecular weight is 368 g/mol. The third kappa shape index (κ3) is 4.04. The van der Waals surface area contributed by atoms with E-state index in [1.165, 1.54) is 12.3 Å². The predicted molar refractivity (Wildman–Crippen MR) is 112 cm³/mol. The topological polar surface area (TPSA) is 39.4 Å². The van der Waals surface area contributed by atoms with Crippen LogP contribution in [0.3, 0.4) is 0 Å². The Morgan fingerprint density at radius 3 is 2.39 bits per heavy atom. The molecule has 0 radical (unpaired) electrons. The molecule has 3 aromatic carbocycles. The molecule has 0 aliphatic carbocycles. The second-order valence-corrected chi connectivity index (χ2v) is 6.50. The van der Waals surface area contributed by atoms with Crippen molar-refractivity contribution in [3.05, 3.63) is 118 Å². The number of ether oxygens (including phenoxy) is 1. The normalized spacial score (nSPS) is 11.1. The van der Waals surface area contributed by atoms with Crippen LogP contribution in [0.25, 0.3) is 17.0 Å². The Morgan fingerprint density at radius 1 is 0.857 bits per heavy atom. The Bertz CT molecular complexity index is 1140. The van der Waals surface area contributed by atoms with E-state index in [1.807, 2.05) is 66.7 Å². The standard InChI is InChI=1S/C25H20O3/c26-23-16-17-27-25-21(23)14-15-24(28-18-20-10-5-2-6-11-20)22(25)13-7-12-19-8-3-1-4-9-19/h1-12,14-17H,13,18H2. The fourth-order valence-electron chi connectivity index (χ4n) is 3.13. The third-order valence-corrected chi connectivity index (χ3v) is 4.56. The molecule has 0 unspecified atom stereocenters. The molecule has 3 heteroatoms. The molecular weight excluding hydrogens is 348 g/mol. The molecule has 0 atom stereocenters. The maximum absolute atomic E-state index is 12.2. The summed E-state index contributed by atoms with van der Waals surface area (Å²) >= 11 is 0. The van der Waals surface area contributed by atoms with E-state index in [0.29, 0.717) is 24.0 Å². The number of hydrogen-bond acceptors (Lipinski definition) is 3. The van der Waals surface area contributed by atoms with Crippen LogP contribution in [0.15, 0.2) is 100 Å². The van der Waals surface area contributed by atoms with Crippen molar-refractivity contribution in [3.63, 3.8) is 0 Å². The van der Waals surface area contributed by atoms with E-state index in [-0.39, 0.29) is 5.43 Å². The van der Waals surface area contributed by atoms with E-state index in [9.17, 15) is 4.79 Å². The molecule has 4 aromatic rings. The molecule has 0 spiro atoms. The fourth-order valence-corrected chi connectivity index (χ4v) is 3.13. The molecule has 0 amide bonds. The van der Waals surface area contributed by atoms with Gasteiger partial charge in [0.25, 0.3) is 0 Å². The third-order valence-electron chi connectivity index (χ3n) is 4.56. The first-order valence-corrected chi connectivity index (χ1v) is 9.23. The number of allylic oxidation sites excluding steroid dienone is 1. The molecule has 0 bridgehead atoms. The van der Waals surface area contributed by atoms with Gasteiger partial charge >= 0.3 is 0 Å². The highest BCUT2D eigenvalue weighted by Crippen LogP contribution is 2.28. The van der Waals surface area contributed by atoms with Gasteiger partial charge in [-0.25, -0.2) is 0 Å². The van der Waals surface area contributed by atoms with Crippen LogP contribution in [-0.4, -0.2) is 0 Å². The second kappa shape index (κ2) is 8.40. The van der Waals surface area contributed by atoms with Gasteiger partial charge in [0, 0.05) is 11.6 Å². The van der Waals surface area contributed by atoms with Gasteiger partial charge < -0.3 is 9.15 Å². The molecular formula is C25H20O3. The van der Waals surface area contributed by atoms with Gasteiger partial charge in [-0.3, -0.25) is 4.79 Å². The lowest BCUT2D eigenvalue weighted by molar-refractivity contribution is 0.303. The Balaban J connectivity index is 1.67. The molecule has 0 aliphatic rings. The zero-order chi connectivity index (χ0) is 19.2. The van der Waals surface area contributed by atoms with Crippen molar-refractivity contribution in [2.24, 2.45) is 0 Å². The first-order chi connectivity index (χ1) is 13.8. The molecule has 1 aromatic heterocycles. The number of hydrogen-bond donors (Lipinski definition) is 0. The summed E-state index contributed by atoms with van der Waals surface area (Å²) in [4.78, 5) is 12.2.